The van der Waals surface area contributed by atoms with Gasteiger partial charge in [-0.1, -0.05) is 11.6 Å². The summed E-state index contributed by atoms with van der Waals surface area (Å²) in [6, 6.07) is 6.44. The van der Waals surface area contributed by atoms with Crippen LogP contribution in [0.3, 0.4) is 0 Å². The van der Waals surface area contributed by atoms with E-state index in [1.54, 1.807) is 18.3 Å². The third kappa shape index (κ3) is 3.41. The molecule has 0 bridgehead atoms. The summed E-state index contributed by atoms with van der Waals surface area (Å²) in [5.74, 6) is -3.87. The highest BCUT2D eigenvalue weighted by Crippen LogP contribution is 2.25. The number of carbonyl (C=O) groups is 2. The van der Waals surface area contributed by atoms with Crippen molar-refractivity contribution in [3.05, 3.63) is 82.4 Å². The lowest BCUT2D eigenvalue weighted by molar-refractivity contribution is 0.102. The Kier molecular flexibility index (Phi) is 4.58. The number of nitrogens with one attached hydrogen (secondary N) is 2. The number of ketones is 1. The second-order valence-electron chi connectivity index (χ2n) is 5.05. The molecule has 3 aromatic rings. The van der Waals surface area contributed by atoms with Crippen LogP contribution in [0.5, 0.6) is 0 Å². The van der Waals surface area contributed by atoms with E-state index >= 15 is 0 Å². The molecule has 3 rings (SSSR count). The topological polar surface area (TPSA) is 74.8 Å². The normalized spacial score (nSPS) is 10.5. The Morgan fingerprint density at radius 3 is 2.72 bits per heavy atom. The van der Waals surface area contributed by atoms with Gasteiger partial charge < -0.3 is 10.3 Å². The molecule has 0 spiro atoms. The quantitative estimate of drug-likeness (QED) is 0.548. The van der Waals surface area contributed by atoms with E-state index in [0.29, 0.717) is 5.69 Å². The van der Waals surface area contributed by atoms with Gasteiger partial charge in [0.05, 0.1) is 22.5 Å². The molecule has 0 fully saturated rings. The van der Waals surface area contributed by atoms with Gasteiger partial charge in [0.15, 0.2) is 17.4 Å². The molecule has 1 amide bonds. The zero-order chi connectivity index (χ0) is 18.0. The van der Waals surface area contributed by atoms with Crippen LogP contribution in [0, 0.1) is 11.6 Å². The Balaban J connectivity index is 1.85. The minimum absolute atomic E-state index is 0.0252. The van der Waals surface area contributed by atoms with E-state index in [4.69, 9.17) is 11.6 Å². The van der Waals surface area contributed by atoms with Crippen molar-refractivity contribution in [3.63, 3.8) is 0 Å². The van der Waals surface area contributed by atoms with Crippen molar-refractivity contribution in [1.29, 1.82) is 0 Å². The van der Waals surface area contributed by atoms with E-state index in [2.05, 4.69) is 15.3 Å². The van der Waals surface area contributed by atoms with Crippen LogP contribution >= 0.6 is 11.6 Å². The van der Waals surface area contributed by atoms with Crippen LogP contribution in [-0.4, -0.2) is 21.7 Å². The number of carbonyl (C=O) groups excluding carboxylic acids is 2. The Hall–Kier alpha value is -3.06. The second-order valence-corrected chi connectivity index (χ2v) is 5.45. The van der Waals surface area contributed by atoms with Gasteiger partial charge in [-0.15, -0.1) is 0 Å². The van der Waals surface area contributed by atoms with E-state index in [0.717, 1.165) is 12.1 Å². The fourth-order valence-electron chi connectivity index (χ4n) is 2.17. The van der Waals surface area contributed by atoms with Crippen LogP contribution in [0.25, 0.3) is 0 Å². The number of rotatable bonds is 4. The Morgan fingerprint density at radius 2 is 2.00 bits per heavy atom. The van der Waals surface area contributed by atoms with Crippen molar-refractivity contribution >= 4 is 29.0 Å². The Morgan fingerprint density at radius 1 is 1.20 bits per heavy atom. The predicted molar refractivity (Wildman–Crippen MR) is 87.8 cm³/mol. The molecular formula is C17H10ClF2N3O2. The molecule has 2 heterocycles. The minimum atomic E-state index is -1.33. The number of H-pyrrole nitrogens is 1. The molecule has 0 saturated heterocycles. The van der Waals surface area contributed by atoms with Crippen LogP contribution in [0.1, 0.15) is 26.4 Å². The smallest absolute Gasteiger partial charge is 0.272 e. The van der Waals surface area contributed by atoms with Crippen LogP contribution in [0.15, 0.2) is 48.9 Å². The molecule has 126 valence electrons. The number of aromatic amines is 1. The molecule has 8 heteroatoms. The summed E-state index contributed by atoms with van der Waals surface area (Å²) in [6.07, 6.45) is 4.23. The zero-order valence-electron chi connectivity index (χ0n) is 12.5. The average molecular weight is 362 g/mol. The van der Waals surface area contributed by atoms with E-state index in [9.17, 15) is 18.4 Å². The average Bonchev–Trinajstić information content (AvgIpc) is 3.09. The SMILES string of the molecule is O=C(Nc1cccnc1)c1cc(C(=O)c2c(Cl)ccc(F)c2F)c[nH]1. The van der Waals surface area contributed by atoms with Crippen molar-refractivity contribution in [1.82, 2.24) is 9.97 Å². The van der Waals surface area contributed by atoms with Crippen LogP contribution in [0.4, 0.5) is 14.5 Å². The number of benzene rings is 1. The first-order valence-corrected chi connectivity index (χ1v) is 7.43. The van der Waals surface area contributed by atoms with Crippen molar-refractivity contribution in [3.8, 4) is 0 Å². The molecule has 1 aromatic carbocycles. The third-order valence-electron chi connectivity index (χ3n) is 3.38. The highest BCUT2D eigenvalue weighted by atomic mass is 35.5. The monoisotopic (exact) mass is 361 g/mol. The molecule has 0 aliphatic carbocycles. The molecule has 0 unspecified atom stereocenters. The number of amides is 1. The highest BCUT2D eigenvalue weighted by Gasteiger charge is 2.22. The Bertz CT molecular complexity index is 958. The largest absolute Gasteiger partial charge is 0.356 e. The number of halogens is 3. The molecule has 0 aliphatic heterocycles. The van der Waals surface area contributed by atoms with Gasteiger partial charge in [0.1, 0.15) is 5.69 Å². The lowest BCUT2D eigenvalue weighted by Crippen LogP contribution is -2.12. The second kappa shape index (κ2) is 6.82. The number of anilines is 1. The summed E-state index contributed by atoms with van der Waals surface area (Å²) in [5.41, 5.74) is -0.0723. The van der Waals surface area contributed by atoms with E-state index < -0.39 is 28.9 Å². The Labute approximate surface area is 145 Å². The molecule has 2 aromatic heterocycles. The van der Waals surface area contributed by atoms with Gasteiger partial charge in [-0.2, -0.15) is 0 Å². The lowest BCUT2D eigenvalue weighted by Gasteiger charge is -2.04. The lowest BCUT2D eigenvalue weighted by atomic mass is 10.0. The van der Waals surface area contributed by atoms with Crippen molar-refractivity contribution in [2.75, 3.05) is 5.32 Å². The maximum Gasteiger partial charge on any atom is 0.272 e. The maximum absolute atomic E-state index is 13.9. The molecule has 0 atom stereocenters. The summed E-state index contributed by atoms with van der Waals surface area (Å²) in [6.45, 7) is 0. The van der Waals surface area contributed by atoms with Gasteiger partial charge in [0.2, 0.25) is 0 Å². The first-order chi connectivity index (χ1) is 12.0. The van der Waals surface area contributed by atoms with Gasteiger partial charge in [0, 0.05) is 18.0 Å². The van der Waals surface area contributed by atoms with Crippen LogP contribution < -0.4 is 5.32 Å². The number of hydrogen-bond acceptors (Lipinski definition) is 3. The van der Waals surface area contributed by atoms with E-state index in [-0.39, 0.29) is 16.3 Å². The summed E-state index contributed by atoms with van der Waals surface area (Å²) >= 11 is 5.80. The molecule has 5 nitrogen and oxygen atoms in total. The summed E-state index contributed by atoms with van der Waals surface area (Å²) < 4.78 is 27.2. The number of aromatic nitrogens is 2. The van der Waals surface area contributed by atoms with Crippen LogP contribution in [-0.2, 0) is 0 Å². The van der Waals surface area contributed by atoms with Gasteiger partial charge in [0.25, 0.3) is 5.91 Å². The van der Waals surface area contributed by atoms with Crippen molar-refractivity contribution in [2.24, 2.45) is 0 Å². The molecule has 25 heavy (non-hydrogen) atoms. The highest BCUT2D eigenvalue weighted by molar-refractivity contribution is 6.35. The van der Waals surface area contributed by atoms with Gasteiger partial charge in [-0.05, 0) is 30.3 Å². The van der Waals surface area contributed by atoms with Gasteiger partial charge in [-0.3, -0.25) is 14.6 Å². The van der Waals surface area contributed by atoms with E-state index in [1.807, 2.05) is 0 Å². The third-order valence-corrected chi connectivity index (χ3v) is 3.70. The maximum atomic E-state index is 13.9. The molecule has 0 saturated carbocycles. The first-order valence-electron chi connectivity index (χ1n) is 7.05. The summed E-state index contributed by atoms with van der Waals surface area (Å²) in [7, 11) is 0. The van der Waals surface area contributed by atoms with Crippen molar-refractivity contribution < 1.29 is 18.4 Å². The molecule has 2 N–H and O–H groups in total. The zero-order valence-corrected chi connectivity index (χ0v) is 13.3. The number of nitrogens with zero attached hydrogens (tertiary/aromatic N) is 1. The molecular weight excluding hydrogens is 352 g/mol. The molecule has 0 radical (unpaired) electrons. The van der Waals surface area contributed by atoms with Crippen molar-refractivity contribution in [2.45, 2.75) is 0 Å². The molecule has 0 aliphatic rings. The first kappa shape index (κ1) is 16.8. The summed E-state index contributed by atoms with van der Waals surface area (Å²) in [5, 5.41) is 2.36. The minimum Gasteiger partial charge on any atom is -0.356 e. The van der Waals surface area contributed by atoms with Gasteiger partial charge >= 0.3 is 0 Å². The standard InChI is InChI=1S/C17H10ClF2N3O2/c18-11-3-4-12(19)15(20)14(11)16(24)9-6-13(22-7-9)17(25)23-10-2-1-5-21-8-10/h1-8,22H,(H,23,25). The number of hydrogen-bond donors (Lipinski definition) is 2. The fraction of sp³-hybridized carbons (Fsp3) is 0. The van der Waals surface area contributed by atoms with Crippen LogP contribution in [0.2, 0.25) is 5.02 Å². The fourth-order valence-corrected chi connectivity index (χ4v) is 2.40. The van der Waals surface area contributed by atoms with Gasteiger partial charge in [-0.25, -0.2) is 8.78 Å². The number of pyridine rings is 1. The summed E-state index contributed by atoms with van der Waals surface area (Å²) in [4.78, 5) is 31.0. The van der Waals surface area contributed by atoms with E-state index in [1.165, 1.54) is 18.5 Å². The predicted octanol–water partition coefficient (Wildman–Crippen LogP) is 3.82.